The summed E-state index contributed by atoms with van der Waals surface area (Å²) in [6.07, 6.45) is 7.62. The van der Waals surface area contributed by atoms with Gasteiger partial charge >= 0.3 is 0 Å². The van der Waals surface area contributed by atoms with Gasteiger partial charge in [0, 0.05) is 18.0 Å². The second kappa shape index (κ2) is 13.1. The van der Waals surface area contributed by atoms with Crippen LogP contribution in [-0.2, 0) is 11.3 Å². The molecule has 0 N–H and O–H groups in total. The fourth-order valence-corrected chi connectivity index (χ4v) is 4.26. The molecule has 0 unspecified atom stereocenters. The van der Waals surface area contributed by atoms with Crippen molar-refractivity contribution < 1.29 is 4.79 Å². The molecule has 0 aliphatic carbocycles. The average molecular weight is 448 g/mol. The lowest BCUT2D eigenvalue weighted by atomic mass is 9.95. The zero-order chi connectivity index (χ0) is 22.6. The van der Waals surface area contributed by atoms with Gasteiger partial charge in [0.25, 0.3) is 0 Å². The van der Waals surface area contributed by atoms with Gasteiger partial charge < -0.3 is 4.90 Å². The van der Waals surface area contributed by atoms with Crippen molar-refractivity contribution in [3.05, 3.63) is 107 Å². The fourth-order valence-electron chi connectivity index (χ4n) is 4.13. The van der Waals surface area contributed by atoms with Crippen LogP contribution >= 0.6 is 11.6 Å². The molecule has 2 nitrogen and oxygen atoms in total. The summed E-state index contributed by atoms with van der Waals surface area (Å²) in [5.74, 6) is 0.202. The van der Waals surface area contributed by atoms with Gasteiger partial charge in [0.05, 0.1) is 6.04 Å². The molecule has 32 heavy (non-hydrogen) atoms. The number of hydrogen-bond acceptors (Lipinski definition) is 1. The summed E-state index contributed by atoms with van der Waals surface area (Å²) < 4.78 is 0. The molecule has 0 bridgehead atoms. The molecule has 168 valence electrons. The van der Waals surface area contributed by atoms with Crippen LogP contribution in [0.1, 0.15) is 74.6 Å². The van der Waals surface area contributed by atoms with Crippen LogP contribution in [0.4, 0.5) is 0 Å². The first-order valence-electron chi connectivity index (χ1n) is 11.8. The monoisotopic (exact) mass is 447 g/mol. The fraction of sp³-hybridized carbons (Fsp3) is 0.345. The molecule has 0 aliphatic heterocycles. The van der Waals surface area contributed by atoms with Crippen molar-refractivity contribution in [2.24, 2.45) is 0 Å². The Morgan fingerprint density at radius 2 is 1.28 bits per heavy atom. The largest absolute Gasteiger partial charge is 0.327 e. The highest BCUT2D eigenvalue weighted by Crippen LogP contribution is 2.31. The second-order valence-corrected chi connectivity index (χ2v) is 8.83. The molecule has 0 saturated heterocycles. The van der Waals surface area contributed by atoms with Crippen molar-refractivity contribution in [2.45, 2.75) is 64.5 Å². The molecule has 0 radical (unpaired) electrons. The molecular formula is C29H34ClNO. The van der Waals surface area contributed by atoms with E-state index in [1.54, 1.807) is 0 Å². The molecule has 0 saturated carbocycles. The molecule has 0 aromatic heterocycles. The Morgan fingerprint density at radius 1 is 0.750 bits per heavy atom. The summed E-state index contributed by atoms with van der Waals surface area (Å²) in [5.41, 5.74) is 3.34. The SMILES string of the molecule is CCCCCCCCC(=O)N(Cc1ccc(Cl)cc1)C(c1ccccc1)c1ccccc1. The molecule has 0 fully saturated rings. The average Bonchev–Trinajstić information content (AvgIpc) is 2.83. The van der Waals surface area contributed by atoms with E-state index in [0.717, 1.165) is 29.5 Å². The van der Waals surface area contributed by atoms with Crippen molar-refractivity contribution in [2.75, 3.05) is 0 Å². The first kappa shape index (κ1) is 24.1. The lowest BCUT2D eigenvalue weighted by Crippen LogP contribution is -2.35. The Labute approximate surface area is 198 Å². The summed E-state index contributed by atoms with van der Waals surface area (Å²) in [5, 5.41) is 0.710. The van der Waals surface area contributed by atoms with E-state index in [9.17, 15) is 4.79 Å². The minimum atomic E-state index is -0.124. The summed E-state index contributed by atoms with van der Waals surface area (Å²) >= 11 is 6.11. The van der Waals surface area contributed by atoms with Gasteiger partial charge in [-0.1, -0.05) is 123 Å². The van der Waals surface area contributed by atoms with Crippen molar-refractivity contribution >= 4 is 17.5 Å². The highest BCUT2D eigenvalue weighted by molar-refractivity contribution is 6.30. The van der Waals surface area contributed by atoms with Crippen LogP contribution in [0.15, 0.2) is 84.9 Å². The van der Waals surface area contributed by atoms with Crippen LogP contribution in [0.5, 0.6) is 0 Å². The predicted molar refractivity (Wildman–Crippen MR) is 135 cm³/mol. The minimum absolute atomic E-state index is 0.124. The van der Waals surface area contributed by atoms with Gasteiger partial charge in [-0.05, 0) is 35.2 Å². The third kappa shape index (κ3) is 7.24. The Kier molecular flexibility index (Phi) is 9.84. The number of amides is 1. The number of carbonyl (C=O) groups is 1. The lowest BCUT2D eigenvalue weighted by Gasteiger charge is -2.33. The molecule has 3 heteroatoms. The van der Waals surface area contributed by atoms with Crippen molar-refractivity contribution in [3.8, 4) is 0 Å². The summed E-state index contributed by atoms with van der Waals surface area (Å²) in [6.45, 7) is 2.78. The van der Waals surface area contributed by atoms with E-state index in [2.05, 4.69) is 31.2 Å². The molecule has 0 heterocycles. The van der Waals surface area contributed by atoms with Crippen LogP contribution < -0.4 is 0 Å². The zero-order valence-corrected chi connectivity index (χ0v) is 19.8. The Morgan fingerprint density at radius 3 is 1.84 bits per heavy atom. The number of benzene rings is 3. The normalized spacial score (nSPS) is 11.0. The van der Waals surface area contributed by atoms with Crippen LogP contribution in [0, 0.1) is 0 Å². The molecule has 0 spiro atoms. The van der Waals surface area contributed by atoms with Crippen molar-refractivity contribution in [1.29, 1.82) is 0 Å². The standard InChI is InChI=1S/C29H34ClNO/c1-2-3-4-5-6-13-18-28(32)31(23-24-19-21-27(30)22-20-24)29(25-14-9-7-10-15-25)26-16-11-8-12-17-26/h7-12,14-17,19-22,29H,2-6,13,18,23H2,1H3. The predicted octanol–water partition coefficient (Wildman–Crippen LogP) is 8.21. The Hall–Kier alpha value is -2.58. The third-order valence-electron chi connectivity index (χ3n) is 5.87. The van der Waals surface area contributed by atoms with E-state index in [1.165, 1.54) is 25.7 Å². The molecule has 3 aromatic rings. The summed E-state index contributed by atoms with van der Waals surface area (Å²) in [4.78, 5) is 15.6. The maximum Gasteiger partial charge on any atom is 0.223 e. The van der Waals surface area contributed by atoms with Gasteiger partial charge in [0.15, 0.2) is 0 Å². The van der Waals surface area contributed by atoms with E-state index >= 15 is 0 Å². The summed E-state index contributed by atoms with van der Waals surface area (Å²) in [6, 6.07) is 28.4. The van der Waals surface area contributed by atoms with Crippen molar-refractivity contribution in [3.63, 3.8) is 0 Å². The second-order valence-electron chi connectivity index (χ2n) is 8.39. The van der Waals surface area contributed by atoms with Gasteiger partial charge in [-0.15, -0.1) is 0 Å². The van der Waals surface area contributed by atoms with E-state index < -0.39 is 0 Å². The van der Waals surface area contributed by atoms with E-state index in [0.29, 0.717) is 18.0 Å². The highest BCUT2D eigenvalue weighted by atomic mass is 35.5. The van der Waals surface area contributed by atoms with Crippen LogP contribution in [0.25, 0.3) is 0 Å². The summed E-state index contributed by atoms with van der Waals surface area (Å²) in [7, 11) is 0. The van der Waals surface area contributed by atoms with Gasteiger partial charge in [0.1, 0.15) is 0 Å². The van der Waals surface area contributed by atoms with Crippen LogP contribution in [-0.4, -0.2) is 10.8 Å². The van der Waals surface area contributed by atoms with E-state index in [-0.39, 0.29) is 11.9 Å². The number of nitrogens with zero attached hydrogens (tertiary/aromatic N) is 1. The number of carbonyl (C=O) groups excluding carboxylic acids is 1. The number of unbranched alkanes of at least 4 members (excludes halogenated alkanes) is 5. The number of halogens is 1. The van der Waals surface area contributed by atoms with Gasteiger partial charge in [-0.3, -0.25) is 4.79 Å². The quantitative estimate of drug-likeness (QED) is 0.256. The number of hydrogen-bond donors (Lipinski definition) is 0. The molecule has 0 atom stereocenters. The molecule has 1 amide bonds. The topological polar surface area (TPSA) is 20.3 Å². The maximum absolute atomic E-state index is 13.6. The van der Waals surface area contributed by atoms with Crippen molar-refractivity contribution in [1.82, 2.24) is 4.90 Å². The smallest absolute Gasteiger partial charge is 0.223 e. The molecular weight excluding hydrogens is 414 g/mol. The highest BCUT2D eigenvalue weighted by Gasteiger charge is 2.26. The van der Waals surface area contributed by atoms with Gasteiger partial charge in [-0.2, -0.15) is 0 Å². The third-order valence-corrected chi connectivity index (χ3v) is 6.12. The van der Waals surface area contributed by atoms with Crippen LogP contribution in [0.3, 0.4) is 0 Å². The first-order valence-corrected chi connectivity index (χ1v) is 12.2. The van der Waals surface area contributed by atoms with E-state index in [4.69, 9.17) is 11.6 Å². The van der Waals surface area contributed by atoms with Crippen LogP contribution in [0.2, 0.25) is 5.02 Å². The van der Waals surface area contributed by atoms with E-state index in [1.807, 2.05) is 65.6 Å². The maximum atomic E-state index is 13.6. The number of rotatable bonds is 12. The zero-order valence-electron chi connectivity index (χ0n) is 19.1. The van der Waals surface area contributed by atoms with Gasteiger partial charge in [-0.25, -0.2) is 0 Å². The molecule has 3 rings (SSSR count). The molecule has 3 aromatic carbocycles. The first-order chi connectivity index (χ1) is 15.7. The Balaban J connectivity index is 1.86. The molecule has 0 aliphatic rings. The Bertz CT molecular complexity index is 885. The van der Waals surface area contributed by atoms with Gasteiger partial charge in [0.2, 0.25) is 5.91 Å². The lowest BCUT2D eigenvalue weighted by molar-refractivity contribution is -0.133. The minimum Gasteiger partial charge on any atom is -0.327 e.